The quantitative estimate of drug-likeness (QED) is 0.749. The Balaban J connectivity index is 2.15. The first-order chi connectivity index (χ1) is 8.21. The number of hydrogen-bond donors (Lipinski definition) is 0. The van der Waals surface area contributed by atoms with Crippen LogP contribution in [0.3, 0.4) is 0 Å². The van der Waals surface area contributed by atoms with Gasteiger partial charge in [-0.3, -0.25) is 0 Å². The Morgan fingerprint density at radius 3 is 2.22 bits per heavy atom. The summed E-state index contributed by atoms with van der Waals surface area (Å²) in [6.07, 6.45) is 0.580. The molecule has 2 nitrogen and oxygen atoms in total. The molecule has 4 heteroatoms. The SMILES string of the molecule is Cc1ccc(F)cc1CB1OC(C)(C)C(C)(C)O1. The molecule has 0 N–H and O–H groups in total. The minimum atomic E-state index is -0.334. The lowest BCUT2D eigenvalue weighted by Crippen LogP contribution is -2.41. The normalized spacial score (nSPS) is 21.3. The van der Waals surface area contributed by atoms with E-state index in [0.29, 0.717) is 6.32 Å². The fourth-order valence-corrected chi connectivity index (χ4v) is 2.09. The van der Waals surface area contributed by atoms with E-state index in [9.17, 15) is 4.39 Å². The van der Waals surface area contributed by atoms with Crippen molar-refractivity contribution in [1.82, 2.24) is 0 Å². The second-order valence-corrected chi connectivity index (χ2v) is 5.96. The maximum absolute atomic E-state index is 13.2. The monoisotopic (exact) mass is 250 g/mol. The van der Waals surface area contributed by atoms with E-state index < -0.39 is 0 Å². The van der Waals surface area contributed by atoms with Gasteiger partial charge in [-0.05, 0) is 57.9 Å². The Labute approximate surface area is 109 Å². The van der Waals surface area contributed by atoms with E-state index in [4.69, 9.17) is 9.31 Å². The van der Waals surface area contributed by atoms with E-state index in [1.54, 1.807) is 12.1 Å². The Morgan fingerprint density at radius 2 is 1.67 bits per heavy atom. The van der Waals surface area contributed by atoms with Crippen LogP contribution in [0.5, 0.6) is 0 Å². The van der Waals surface area contributed by atoms with Crippen molar-refractivity contribution in [2.45, 2.75) is 52.1 Å². The molecular formula is C14H20BFO2. The van der Waals surface area contributed by atoms with E-state index in [1.165, 1.54) is 6.07 Å². The molecular weight excluding hydrogens is 230 g/mol. The van der Waals surface area contributed by atoms with Crippen molar-refractivity contribution in [1.29, 1.82) is 0 Å². The molecule has 0 spiro atoms. The zero-order chi connectivity index (χ0) is 13.6. The molecule has 1 aliphatic rings. The summed E-state index contributed by atoms with van der Waals surface area (Å²) < 4.78 is 25.1. The van der Waals surface area contributed by atoms with Gasteiger partial charge in [-0.25, -0.2) is 4.39 Å². The molecule has 0 unspecified atom stereocenters. The molecule has 1 aromatic carbocycles. The summed E-state index contributed by atoms with van der Waals surface area (Å²) >= 11 is 0. The lowest BCUT2D eigenvalue weighted by Gasteiger charge is -2.32. The average Bonchev–Trinajstić information content (AvgIpc) is 2.41. The highest BCUT2D eigenvalue weighted by atomic mass is 19.1. The van der Waals surface area contributed by atoms with Gasteiger partial charge in [0.1, 0.15) is 5.82 Å². The molecule has 1 saturated heterocycles. The van der Waals surface area contributed by atoms with Crippen LogP contribution in [-0.2, 0) is 15.6 Å². The van der Waals surface area contributed by atoms with Gasteiger partial charge in [-0.15, -0.1) is 0 Å². The summed E-state index contributed by atoms with van der Waals surface area (Å²) in [5, 5.41) is 0. The lowest BCUT2D eigenvalue weighted by atomic mass is 9.79. The summed E-state index contributed by atoms with van der Waals surface area (Å²) in [7, 11) is -0.310. The predicted octanol–water partition coefficient (Wildman–Crippen LogP) is 3.31. The van der Waals surface area contributed by atoms with E-state index in [-0.39, 0.29) is 24.1 Å². The van der Waals surface area contributed by atoms with Crippen LogP contribution in [0, 0.1) is 12.7 Å². The maximum atomic E-state index is 13.2. The highest BCUT2D eigenvalue weighted by molar-refractivity contribution is 6.45. The fraction of sp³-hybridized carbons (Fsp3) is 0.571. The largest absolute Gasteiger partial charge is 0.462 e. The molecule has 0 aromatic heterocycles. The first kappa shape index (κ1) is 13.6. The Morgan fingerprint density at radius 1 is 1.11 bits per heavy atom. The number of benzene rings is 1. The summed E-state index contributed by atoms with van der Waals surface area (Å²) in [4.78, 5) is 0. The standard InChI is InChI=1S/C14H20BFO2/c1-10-6-7-12(16)8-11(10)9-15-17-13(2,3)14(4,5)18-15/h6-8H,9H2,1-5H3. The van der Waals surface area contributed by atoms with Crippen LogP contribution in [-0.4, -0.2) is 18.3 Å². The third-order valence-corrected chi connectivity index (χ3v) is 4.00. The van der Waals surface area contributed by atoms with Crippen LogP contribution >= 0.6 is 0 Å². The average molecular weight is 250 g/mol. The molecule has 1 aromatic rings. The fourth-order valence-electron chi connectivity index (χ4n) is 2.09. The number of hydrogen-bond acceptors (Lipinski definition) is 2. The number of rotatable bonds is 2. The molecule has 2 rings (SSSR count). The summed E-state index contributed by atoms with van der Waals surface area (Å²) in [5.41, 5.74) is 1.33. The molecule has 0 atom stereocenters. The van der Waals surface area contributed by atoms with Gasteiger partial charge >= 0.3 is 7.12 Å². The van der Waals surface area contributed by atoms with Crippen molar-refractivity contribution in [3.63, 3.8) is 0 Å². The number of halogens is 1. The van der Waals surface area contributed by atoms with Gasteiger partial charge in [0.15, 0.2) is 0 Å². The third-order valence-electron chi connectivity index (χ3n) is 4.00. The zero-order valence-electron chi connectivity index (χ0n) is 11.7. The van der Waals surface area contributed by atoms with Gasteiger partial charge in [0, 0.05) is 6.32 Å². The Hall–Kier alpha value is -0.865. The second-order valence-electron chi connectivity index (χ2n) is 5.96. The van der Waals surface area contributed by atoms with Gasteiger partial charge in [-0.2, -0.15) is 0 Å². The minimum Gasteiger partial charge on any atom is -0.403 e. The highest BCUT2D eigenvalue weighted by Crippen LogP contribution is 2.37. The highest BCUT2D eigenvalue weighted by Gasteiger charge is 2.50. The van der Waals surface area contributed by atoms with Crippen LogP contribution in [0.2, 0.25) is 0 Å². The van der Waals surface area contributed by atoms with E-state index >= 15 is 0 Å². The molecule has 0 bridgehead atoms. The van der Waals surface area contributed by atoms with Gasteiger partial charge in [0.05, 0.1) is 11.2 Å². The molecule has 0 amide bonds. The Bertz CT molecular complexity index is 441. The Kier molecular flexibility index (Phi) is 3.28. The smallest absolute Gasteiger partial charge is 0.403 e. The van der Waals surface area contributed by atoms with Crippen molar-refractivity contribution < 1.29 is 13.7 Å². The molecule has 0 aliphatic carbocycles. The van der Waals surface area contributed by atoms with Crippen molar-refractivity contribution >= 4 is 7.12 Å². The predicted molar refractivity (Wildman–Crippen MR) is 70.9 cm³/mol. The van der Waals surface area contributed by atoms with Crippen LogP contribution in [0.1, 0.15) is 38.8 Å². The van der Waals surface area contributed by atoms with Gasteiger partial charge in [-0.1, -0.05) is 6.07 Å². The third kappa shape index (κ3) is 2.45. The van der Waals surface area contributed by atoms with Crippen molar-refractivity contribution in [2.75, 3.05) is 0 Å². The zero-order valence-corrected chi connectivity index (χ0v) is 11.7. The van der Waals surface area contributed by atoms with Crippen molar-refractivity contribution in [2.24, 2.45) is 0 Å². The van der Waals surface area contributed by atoms with Crippen LogP contribution in [0.25, 0.3) is 0 Å². The van der Waals surface area contributed by atoms with Crippen molar-refractivity contribution in [3.8, 4) is 0 Å². The topological polar surface area (TPSA) is 18.5 Å². The van der Waals surface area contributed by atoms with Gasteiger partial charge in [0.2, 0.25) is 0 Å². The summed E-state index contributed by atoms with van der Waals surface area (Å²) in [5.74, 6) is -0.216. The van der Waals surface area contributed by atoms with Gasteiger partial charge in [0.25, 0.3) is 0 Å². The summed E-state index contributed by atoms with van der Waals surface area (Å²) in [6.45, 7) is 10.0. The van der Waals surface area contributed by atoms with Crippen LogP contribution < -0.4 is 0 Å². The molecule has 1 heterocycles. The van der Waals surface area contributed by atoms with Crippen molar-refractivity contribution in [3.05, 3.63) is 35.1 Å². The maximum Gasteiger partial charge on any atom is 0.462 e. The first-order valence-electron chi connectivity index (χ1n) is 6.32. The minimum absolute atomic E-state index is 0.216. The number of aryl methyl sites for hydroxylation is 1. The lowest BCUT2D eigenvalue weighted by molar-refractivity contribution is 0.00578. The molecule has 0 saturated carbocycles. The first-order valence-corrected chi connectivity index (χ1v) is 6.32. The molecule has 0 radical (unpaired) electrons. The van der Waals surface area contributed by atoms with E-state index in [0.717, 1.165) is 11.1 Å². The molecule has 18 heavy (non-hydrogen) atoms. The molecule has 1 aliphatic heterocycles. The molecule has 98 valence electrons. The van der Waals surface area contributed by atoms with E-state index in [1.807, 2.05) is 34.6 Å². The second kappa shape index (κ2) is 4.35. The van der Waals surface area contributed by atoms with Gasteiger partial charge < -0.3 is 9.31 Å². The summed E-state index contributed by atoms with van der Waals surface area (Å²) in [6, 6.07) is 4.82. The van der Waals surface area contributed by atoms with E-state index in [2.05, 4.69) is 0 Å². The molecule has 1 fully saturated rings. The van der Waals surface area contributed by atoms with Crippen LogP contribution in [0.15, 0.2) is 18.2 Å². The van der Waals surface area contributed by atoms with Crippen LogP contribution in [0.4, 0.5) is 4.39 Å².